The van der Waals surface area contributed by atoms with Crippen molar-refractivity contribution in [1.82, 2.24) is 14.5 Å². The standard InChI is InChI=1S/C26H25BrN4OS/c1-17-13-21(33-16-18-7-3-2-4-8-18)11-12-23(17)29-26-28-15-19-14-22(27)25(32)31(24(19)30-26)20-9-5-6-10-20/h2-4,7-8,11-15,20H,5-6,9-10,16H2,1H3,(H,28,29,30). The van der Waals surface area contributed by atoms with Crippen LogP contribution in [0.15, 0.2) is 75.0 Å². The molecule has 2 aromatic carbocycles. The molecular formula is C26H25BrN4OS. The fourth-order valence-corrected chi connectivity index (χ4v) is 5.76. The molecule has 0 amide bonds. The highest BCUT2D eigenvalue weighted by molar-refractivity contribution is 9.10. The van der Waals surface area contributed by atoms with Gasteiger partial charge < -0.3 is 5.32 Å². The second-order valence-corrected chi connectivity index (χ2v) is 10.4. The van der Waals surface area contributed by atoms with E-state index in [4.69, 9.17) is 4.98 Å². The normalized spacial score (nSPS) is 14.1. The number of halogens is 1. The van der Waals surface area contributed by atoms with Crippen molar-refractivity contribution < 1.29 is 0 Å². The Labute approximate surface area is 205 Å². The fraction of sp³-hybridized carbons (Fsp3) is 0.269. The van der Waals surface area contributed by atoms with Crippen LogP contribution in [0, 0.1) is 6.92 Å². The average Bonchev–Trinajstić information content (AvgIpc) is 3.35. The van der Waals surface area contributed by atoms with E-state index in [-0.39, 0.29) is 11.6 Å². The Balaban J connectivity index is 1.40. The van der Waals surface area contributed by atoms with Gasteiger partial charge in [-0.3, -0.25) is 9.36 Å². The number of hydrogen-bond donors (Lipinski definition) is 1. The molecule has 0 aliphatic heterocycles. The third kappa shape index (κ3) is 4.84. The molecule has 168 valence electrons. The van der Waals surface area contributed by atoms with E-state index in [1.807, 2.05) is 28.5 Å². The molecule has 0 spiro atoms. The molecule has 4 aromatic rings. The Morgan fingerprint density at radius 3 is 2.67 bits per heavy atom. The molecule has 5 rings (SSSR count). The van der Waals surface area contributed by atoms with E-state index in [1.165, 1.54) is 10.5 Å². The topological polar surface area (TPSA) is 59.8 Å². The van der Waals surface area contributed by atoms with E-state index in [0.29, 0.717) is 16.1 Å². The minimum atomic E-state index is -0.0185. The number of nitrogens with one attached hydrogen (secondary N) is 1. The highest BCUT2D eigenvalue weighted by Crippen LogP contribution is 2.32. The number of rotatable bonds is 6. The van der Waals surface area contributed by atoms with E-state index in [0.717, 1.165) is 48.1 Å². The lowest BCUT2D eigenvalue weighted by molar-refractivity contribution is 0.514. The maximum absolute atomic E-state index is 12.9. The van der Waals surface area contributed by atoms with Crippen molar-refractivity contribution in [2.45, 2.75) is 49.3 Å². The molecular weight excluding hydrogens is 496 g/mol. The van der Waals surface area contributed by atoms with E-state index in [9.17, 15) is 4.79 Å². The first-order valence-electron chi connectivity index (χ1n) is 11.2. The summed E-state index contributed by atoms with van der Waals surface area (Å²) in [7, 11) is 0. The zero-order valence-electron chi connectivity index (χ0n) is 18.4. The second kappa shape index (κ2) is 9.69. The molecule has 0 unspecified atom stereocenters. The second-order valence-electron chi connectivity index (χ2n) is 8.45. The molecule has 0 bridgehead atoms. The fourth-order valence-electron chi connectivity index (χ4n) is 4.38. The zero-order valence-corrected chi connectivity index (χ0v) is 20.8. The Morgan fingerprint density at radius 1 is 1.12 bits per heavy atom. The smallest absolute Gasteiger partial charge is 0.266 e. The summed E-state index contributed by atoms with van der Waals surface area (Å²) in [5.41, 5.74) is 4.08. The summed E-state index contributed by atoms with van der Waals surface area (Å²) in [6, 6.07) is 18.9. The van der Waals surface area contributed by atoms with Crippen LogP contribution in [0.25, 0.3) is 11.0 Å². The SMILES string of the molecule is Cc1cc(SCc2ccccc2)ccc1Nc1ncc2cc(Br)c(=O)n(C3CCCC3)c2n1. The molecule has 1 saturated carbocycles. The first-order chi connectivity index (χ1) is 16.1. The number of pyridine rings is 1. The molecule has 0 saturated heterocycles. The first kappa shape index (κ1) is 22.2. The molecule has 1 fully saturated rings. The van der Waals surface area contributed by atoms with Crippen LogP contribution in [-0.4, -0.2) is 14.5 Å². The van der Waals surface area contributed by atoms with Crippen molar-refractivity contribution in [3.05, 3.63) is 86.7 Å². The molecule has 5 nitrogen and oxygen atoms in total. The number of thioether (sulfide) groups is 1. The number of benzene rings is 2. The maximum Gasteiger partial charge on any atom is 0.266 e. The van der Waals surface area contributed by atoms with E-state index in [1.54, 1.807) is 6.20 Å². The maximum atomic E-state index is 12.9. The highest BCUT2D eigenvalue weighted by Gasteiger charge is 2.22. The summed E-state index contributed by atoms with van der Waals surface area (Å²) < 4.78 is 2.42. The summed E-state index contributed by atoms with van der Waals surface area (Å²) in [6.45, 7) is 2.08. The summed E-state index contributed by atoms with van der Waals surface area (Å²) in [5, 5.41) is 4.22. The number of anilines is 2. The number of nitrogens with zero attached hydrogens (tertiary/aromatic N) is 3. The lowest BCUT2D eigenvalue weighted by Gasteiger charge is -2.17. The van der Waals surface area contributed by atoms with Gasteiger partial charge in [-0.15, -0.1) is 11.8 Å². The zero-order chi connectivity index (χ0) is 22.8. The Kier molecular flexibility index (Phi) is 6.51. The molecule has 0 radical (unpaired) electrons. The third-order valence-electron chi connectivity index (χ3n) is 6.11. The summed E-state index contributed by atoms with van der Waals surface area (Å²) in [4.78, 5) is 23.4. The molecule has 2 heterocycles. The van der Waals surface area contributed by atoms with Crippen LogP contribution in [0.4, 0.5) is 11.6 Å². The molecule has 1 aliphatic carbocycles. The quantitative estimate of drug-likeness (QED) is 0.277. The van der Waals surface area contributed by atoms with Crippen molar-refractivity contribution in [1.29, 1.82) is 0 Å². The van der Waals surface area contributed by atoms with E-state index < -0.39 is 0 Å². The summed E-state index contributed by atoms with van der Waals surface area (Å²) >= 11 is 5.25. The number of aryl methyl sites for hydroxylation is 1. The largest absolute Gasteiger partial charge is 0.324 e. The van der Waals surface area contributed by atoms with Gasteiger partial charge in [0.15, 0.2) is 0 Å². The van der Waals surface area contributed by atoms with E-state index >= 15 is 0 Å². The molecule has 1 aliphatic rings. The first-order valence-corrected chi connectivity index (χ1v) is 13.0. The lowest BCUT2D eigenvalue weighted by atomic mass is 10.2. The van der Waals surface area contributed by atoms with Crippen molar-refractivity contribution >= 4 is 50.4 Å². The van der Waals surface area contributed by atoms with Gasteiger partial charge in [-0.2, -0.15) is 4.98 Å². The Hall–Kier alpha value is -2.64. The predicted octanol–water partition coefficient (Wildman–Crippen LogP) is 7.01. The Morgan fingerprint density at radius 2 is 1.91 bits per heavy atom. The minimum Gasteiger partial charge on any atom is -0.324 e. The van der Waals surface area contributed by atoms with Gasteiger partial charge >= 0.3 is 0 Å². The average molecular weight is 521 g/mol. The summed E-state index contributed by atoms with van der Waals surface area (Å²) in [5.74, 6) is 1.44. The van der Waals surface area contributed by atoms with E-state index in [2.05, 4.69) is 75.6 Å². The van der Waals surface area contributed by atoms with Gasteiger partial charge in [-0.25, -0.2) is 4.98 Å². The van der Waals surface area contributed by atoms with Crippen LogP contribution >= 0.6 is 27.7 Å². The van der Waals surface area contributed by atoms with Gasteiger partial charge in [0.05, 0.1) is 4.47 Å². The minimum absolute atomic E-state index is 0.0185. The van der Waals surface area contributed by atoms with Gasteiger partial charge in [0.2, 0.25) is 5.95 Å². The monoisotopic (exact) mass is 520 g/mol. The van der Waals surface area contributed by atoms with Gasteiger partial charge in [-0.05, 0) is 71.1 Å². The summed E-state index contributed by atoms with van der Waals surface area (Å²) in [6.07, 6.45) is 6.11. The predicted molar refractivity (Wildman–Crippen MR) is 139 cm³/mol. The number of aromatic nitrogens is 3. The van der Waals surface area contributed by atoms with Crippen molar-refractivity contribution in [2.75, 3.05) is 5.32 Å². The van der Waals surface area contributed by atoms with Crippen LogP contribution in [-0.2, 0) is 5.75 Å². The lowest BCUT2D eigenvalue weighted by Crippen LogP contribution is -2.25. The van der Waals surface area contributed by atoms with Crippen LogP contribution in [0.3, 0.4) is 0 Å². The van der Waals surface area contributed by atoms with Crippen LogP contribution < -0.4 is 10.9 Å². The molecule has 7 heteroatoms. The van der Waals surface area contributed by atoms with Gasteiger partial charge in [0.1, 0.15) is 5.65 Å². The molecule has 0 atom stereocenters. The third-order valence-corrected chi connectivity index (χ3v) is 7.75. The van der Waals surface area contributed by atoms with Crippen LogP contribution in [0.2, 0.25) is 0 Å². The van der Waals surface area contributed by atoms with Crippen molar-refractivity contribution in [2.24, 2.45) is 0 Å². The van der Waals surface area contributed by atoms with Gasteiger partial charge in [-0.1, -0.05) is 43.2 Å². The Bertz CT molecular complexity index is 1350. The van der Waals surface area contributed by atoms with Gasteiger partial charge in [0, 0.05) is 34.0 Å². The number of fused-ring (bicyclic) bond motifs is 1. The van der Waals surface area contributed by atoms with Crippen molar-refractivity contribution in [3.8, 4) is 0 Å². The number of hydrogen-bond acceptors (Lipinski definition) is 5. The molecule has 33 heavy (non-hydrogen) atoms. The van der Waals surface area contributed by atoms with Crippen LogP contribution in [0.5, 0.6) is 0 Å². The van der Waals surface area contributed by atoms with Gasteiger partial charge in [0.25, 0.3) is 5.56 Å². The molecule has 1 N–H and O–H groups in total. The highest BCUT2D eigenvalue weighted by atomic mass is 79.9. The van der Waals surface area contributed by atoms with Crippen molar-refractivity contribution in [3.63, 3.8) is 0 Å². The van der Waals surface area contributed by atoms with Crippen LogP contribution in [0.1, 0.15) is 42.9 Å². The molecule has 2 aromatic heterocycles.